The summed E-state index contributed by atoms with van der Waals surface area (Å²) >= 11 is 0. The van der Waals surface area contributed by atoms with Crippen LogP contribution in [-0.4, -0.2) is 42.3 Å². The lowest BCUT2D eigenvalue weighted by atomic mass is 9.63. The van der Waals surface area contributed by atoms with E-state index in [4.69, 9.17) is 9.47 Å². The number of piperidine rings is 1. The minimum Gasteiger partial charge on any atom is -0.496 e. The molecule has 1 aliphatic heterocycles. The lowest BCUT2D eigenvalue weighted by Crippen LogP contribution is -2.57. The van der Waals surface area contributed by atoms with Crippen molar-refractivity contribution in [1.29, 1.82) is 0 Å². The Labute approximate surface area is 167 Å². The zero-order chi connectivity index (χ0) is 19.6. The summed E-state index contributed by atoms with van der Waals surface area (Å²) in [5.74, 6) is 1.38. The number of methoxy groups -OCH3 is 2. The van der Waals surface area contributed by atoms with E-state index in [0.717, 1.165) is 49.4 Å². The molecular formula is C23H30N2O3. The number of ether oxygens (including phenoxy) is 2. The molecule has 2 fully saturated rings. The fourth-order valence-electron chi connectivity index (χ4n) is 5.20. The molecular weight excluding hydrogens is 352 g/mol. The van der Waals surface area contributed by atoms with Gasteiger partial charge in [0.15, 0.2) is 0 Å². The van der Waals surface area contributed by atoms with Crippen LogP contribution in [0.15, 0.2) is 42.7 Å². The van der Waals surface area contributed by atoms with Gasteiger partial charge in [0.05, 0.1) is 19.3 Å². The van der Waals surface area contributed by atoms with E-state index in [0.29, 0.717) is 6.61 Å². The second-order valence-electron chi connectivity index (χ2n) is 8.17. The van der Waals surface area contributed by atoms with Gasteiger partial charge in [-0.2, -0.15) is 0 Å². The molecule has 1 saturated heterocycles. The summed E-state index contributed by atoms with van der Waals surface area (Å²) in [7, 11) is 3.44. The number of likely N-dealkylation sites (tertiary alicyclic amines) is 1. The van der Waals surface area contributed by atoms with Crippen molar-refractivity contribution in [2.45, 2.75) is 38.0 Å². The monoisotopic (exact) mass is 382 g/mol. The number of nitrogens with zero attached hydrogens (tertiary/aromatic N) is 2. The molecule has 0 amide bonds. The highest BCUT2D eigenvalue weighted by Crippen LogP contribution is 2.49. The highest BCUT2D eigenvalue weighted by Gasteiger charge is 2.51. The Morgan fingerprint density at radius 1 is 1.18 bits per heavy atom. The molecule has 1 saturated carbocycles. The number of hydrogen-bond donors (Lipinski definition) is 1. The molecule has 2 heterocycles. The predicted octanol–water partition coefficient (Wildman–Crippen LogP) is 3.36. The number of pyridine rings is 1. The maximum atomic E-state index is 11.7. The zero-order valence-corrected chi connectivity index (χ0v) is 16.8. The molecule has 2 aromatic rings. The van der Waals surface area contributed by atoms with Gasteiger partial charge in [-0.15, -0.1) is 0 Å². The molecule has 5 nitrogen and oxygen atoms in total. The Balaban J connectivity index is 1.56. The van der Waals surface area contributed by atoms with Gasteiger partial charge in [0.25, 0.3) is 0 Å². The molecule has 0 spiro atoms. The molecule has 1 aromatic heterocycles. The van der Waals surface area contributed by atoms with Crippen molar-refractivity contribution >= 4 is 0 Å². The van der Waals surface area contributed by atoms with Crippen LogP contribution in [-0.2, 0) is 23.5 Å². The van der Waals surface area contributed by atoms with Crippen molar-refractivity contribution in [3.8, 4) is 5.75 Å². The Bertz CT molecular complexity index is 782. The molecule has 2 bridgehead atoms. The van der Waals surface area contributed by atoms with Gasteiger partial charge in [-0.25, -0.2) is 0 Å². The highest BCUT2D eigenvalue weighted by atomic mass is 16.5. The topological polar surface area (TPSA) is 54.8 Å². The van der Waals surface area contributed by atoms with E-state index in [2.05, 4.69) is 22.0 Å². The van der Waals surface area contributed by atoms with Crippen LogP contribution in [0.3, 0.4) is 0 Å². The normalized spacial score (nSPS) is 27.5. The van der Waals surface area contributed by atoms with Crippen molar-refractivity contribution in [2.75, 3.05) is 27.3 Å². The molecule has 1 aliphatic carbocycles. The van der Waals surface area contributed by atoms with E-state index in [1.54, 1.807) is 20.4 Å². The van der Waals surface area contributed by atoms with E-state index in [-0.39, 0.29) is 11.8 Å². The average Bonchev–Trinajstić information content (AvgIpc) is 2.70. The summed E-state index contributed by atoms with van der Waals surface area (Å²) in [6, 6.07) is 10.2. The summed E-state index contributed by atoms with van der Waals surface area (Å²) in [6.45, 7) is 3.21. The predicted molar refractivity (Wildman–Crippen MR) is 108 cm³/mol. The van der Waals surface area contributed by atoms with Crippen LogP contribution in [0.25, 0.3) is 0 Å². The molecule has 1 aromatic carbocycles. The van der Waals surface area contributed by atoms with Gasteiger partial charge in [-0.3, -0.25) is 9.88 Å². The Kier molecular flexibility index (Phi) is 5.67. The molecule has 28 heavy (non-hydrogen) atoms. The third-order valence-electron chi connectivity index (χ3n) is 6.48. The SMILES string of the molecule is COCc1ccc(OC)c(CN2C[C@@H]3CCC[C@@H](C2)C3(O)c2cccnc2)c1. The van der Waals surface area contributed by atoms with Crippen LogP contribution in [0, 0.1) is 11.8 Å². The third kappa shape index (κ3) is 3.54. The maximum Gasteiger partial charge on any atom is 0.123 e. The first-order chi connectivity index (χ1) is 13.6. The summed E-state index contributed by atoms with van der Waals surface area (Å²) in [4.78, 5) is 6.75. The molecule has 5 heteroatoms. The first-order valence-corrected chi connectivity index (χ1v) is 10.1. The van der Waals surface area contributed by atoms with E-state index >= 15 is 0 Å². The van der Waals surface area contributed by atoms with Crippen molar-refractivity contribution in [1.82, 2.24) is 9.88 Å². The lowest BCUT2D eigenvalue weighted by molar-refractivity contribution is -0.148. The van der Waals surface area contributed by atoms with Crippen LogP contribution < -0.4 is 4.74 Å². The van der Waals surface area contributed by atoms with Crippen LogP contribution in [0.4, 0.5) is 0 Å². The summed E-state index contributed by atoms with van der Waals surface area (Å²) in [5.41, 5.74) is 2.55. The Morgan fingerprint density at radius 3 is 2.61 bits per heavy atom. The van der Waals surface area contributed by atoms with Crippen LogP contribution >= 0.6 is 0 Å². The van der Waals surface area contributed by atoms with Crippen molar-refractivity contribution in [3.63, 3.8) is 0 Å². The third-order valence-corrected chi connectivity index (χ3v) is 6.48. The number of aliphatic hydroxyl groups is 1. The minimum atomic E-state index is -0.759. The number of rotatable bonds is 6. The highest BCUT2D eigenvalue weighted by molar-refractivity contribution is 5.37. The second-order valence-corrected chi connectivity index (χ2v) is 8.17. The van der Waals surface area contributed by atoms with Crippen molar-refractivity contribution in [2.24, 2.45) is 11.8 Å². The van der Waals surface area contributed by atoms with Gasteiger partial charge in [0, 0.05) is 62.1 Å². The minimum absolute atomic E-state index is 0.234. The maximum absolute atomic E-state index is 11.7. The Hall–Kier alpha value is -1.95. The van der Waals surface area contributed by atoms with Crippen molar-refractivity contribution < 1.29 is 14.6 Å². The molecule has 4 rings (SSSR count). The van der Waals surface area contributed by atoms with Crippen LogP contribution in [0.2, 0.25) is 0 Å². The molecule has 0 radical (unpaired) electrons. The lowest BCUT2D eigenvalue weighted by Gasteiger charge is -2.53. The van der Waals surface area contributed by atoms with Gasteiger partial charge in [0.2, 0.25) is 0 Å². The molecule has 150 valence electrons. The van der Waals surface area contributed by atoms with E-state index in [1.807, 2.05) is 24.4 Å². The van der Waals surface area contributed by atoms with Gasteiger partial charge in [-0.05, 0) is 36.6 Å². The van der Waals surface area contributed by atoms with Gasteiger partial charge < -0.3 is 14.6 Å². The largest absolute Gasteiger partial charge is 0.496 e. The van der Waals surface area contributed by atoms with Crippen LogP contribution in [0.1, 0.15) is 36.0 Å². The van der Waals surface area contributed by atoms with Gasteiger partial charge in [0.1, 0.15) is 5.75 Å². The van der Waals surface area contributed by atoms with E-state index in [9.17, 15) is 5.11 Å². The average molecular weight is 383 g/mol. The first kappa shape index (κ1) is 19.4. The first-order valence-electron chi connectivity index (χ1n) is 10.1. The molecule has 2 atom stereocenters. The summed E-state index contributed by atoms with van der Waals surface area (Å²) < 4.78 is 10.9. The fraction of sp³-hybridized carbons (Fsp3) is 0.522. The quantitative estimate of drug-likeness (QED) is 0.830. The summed E-state index contributed by atoms with van der Waals surface area (Å²) in [6.07, 6.45) is 6.92. The fourth-order valence-corrected chi connectivity index (χ4v) is 5.20. The van der Waals surface area contributed by atoms with Crippen LogP contribution in [0.5, 0.6) is 5.75 Å². The molecule has 1 N–H and O–H groups in total. The summed E-state index contributed by atoms with van der Waals surface area (Å²) in [5, 5.41) is 11.7. The number of aromatic nitrogens is 1. The van der Waals surface area contributed by atoms with Crippen molar-refractivity contribution in [3.05, 3.63) is 59.4 Å². The van der Waals surface area contributed by atoms with E-state index in [1.165, 1.54) is 12.0 Å². The number of fused-ring (bicyclic) bond motifs is 2. The zero-order valence-electron chi connectivity index (χ0n) is 16.8. The Morgan fingerprint density at radius 2 is 1.96 bits per heavy atom. The van der Waals surface area contributed by atoms with Gasteiger partial charge in [-0.1, -0.05) is 18.6 Å². The van der Waals surface area contributed by atoms with E-state index < -0.39 is 5.60 Å². The van der Waals surface area contributed by atoms with Gasteiger partial charge >= 0.3 is 0 Å². The smallest absolute Gasteiger partial charge is 0.123 e. The number of benzene rings is 1. The molecule has 0 unspecified atom stereocenters. The molecule has 2 aliphatic rings. The number of hydrogen-bond acceptors (Lipinski definition) is 5. The standard InChI is InChI=1S/C23H30N2O3/c1-27-16-17-8-9-22(28-2)18(11-17)13-25-14-20-5-3-6-21(15-25)23(20,26)19-7-4-10-24-12-19/h4,7-12,20-21,26H,3,5-6,13-16H2,1-2H3/t20-,21-/m0/s1. The second kappa shape index (κ2) is 8.19.